The number of rotatable bonds is 3. The number of hydrogen-bond acceptors (Lipinski definition) is 3. The third kappa shape index (κ3) is 3.16. The van der Waals surface area contributed by atoms with Gasteiger partial charge in [0, 0.05) is 13.2 Å². The van der Waals surface area contributed by atoms with Gasteiger partial charge in [-0.05, 0) is 24.3 Å². The molecular weight excluding hydrogens is 285 g/mol. The maximum absolute atomic E-state index is 13.0. The topological polar surface area (TPSA) is 63.1 Å². The second-order valence-electron chi connectivity index (χ2n) is 4.08. The molecule has 0 radical (unpaired) electrons. The second kappa shape index (κ2) is 5.75. The molecule has 2 rings (SSSR count). The Kier molecular flexibility index (Phi) is 4.05. The fourth-order valence-electron chi connectivity index (χ4n) is 1.56. The monoisotopic (exact) mass is 295 g/mol. The number of nitrogens with one attached hydrogen (secondary N) is 2. The number of hydrogen-bond donors (Lipinski definition) is 2. The quantitative estimate of drug-likeness (QED) is 0.851. The fourth-order valence-corrected chi connectivity index (χ4v) is 1.81. The molecule has 2 aromatic rings. The Bertz CT molecular complexity index is 689. The van der Waals surface area contributed by atoms with Crippen LogP contribution in [0.3, 0.4) is 0 Å². The van der Waals surface area contributed by atoms with Crippen LogP contribution in [0.15, 0.2) is 41.3 Å². The van der Waals surface area contributed by atoms with Crippen molar-refractivity contribution in [2.45, 2.75) is 0 Å². The molecule has 0 unspecified atom stereocenters. The van der Waals surface area contributed by atoms with Crippen LogP contribution in [0.4, 0.5) is 10.1 Å². The molecule has 104 valence electrons. The van der Waals surface area contributed by atoms with E-state index in [1.165, 1.54) is 42.1 Å². The molecule has 0 saturated carbocycles. The first-order chi connectivity index (χ1) is 9.47. The number of amides is 1. The molecule has 1 amide bonds. The first-order valence-electron chi connectivity index (χ1n) is 5.65. The maximum atomic E-state index is 13.0. The van der Waals surface area contributed by atoms with E-state index in [0.29, 0.717) is 5.69 Å². The molecular formula is C13H11ClFN3O2. The van der Waals surface area contributed by atoms with Crippen LogP contribution in [0.1, 0.15) is 10.4 Å². The van der Waals surface area contributed by atoms with Crippen LogP contribution in [0.5, 0.6) is 0 Å². The van der Waals surface area contributed by atoms with Crippen LogP contribution >= 0.6 is 11.6 Å². The normalized spacial score (nSPS) is 10.2. The van der Waals surface area contributed by atoms with Crippen LogP contribution in [0.25, 0.3) is 0 Å². The largest absolute Gasteiger partial charge is 0.317 e. The highest BCUT2D eigenvalue weighted by Crippen LogP contribution is 2.09. The van der Waals surface area contributed by atoms with E-state index in [9.17, 15) is 14.0 Å². The Labute approximate surface area is 119 Å². The van der Waals surface area contributed by atoms with Crippen molar-refractivity contribution in [1.82, 2.24) is 9.99 Å². The van der Waals surface area contributed by atoms with Crippen molar-refractivity contribution in [3.63, 3.8) is 0 Å². The van der Waals surface area contributed by atoms with E-state index >= 15 is 0 Å². The molecule has 2 N–H and O–H groups in total. The summed E-state index contributed by atoms with van der Waals surface area (Å²) < 4.78 is 14.2. The lowest BCUT2D eigenvalue weighted by Crippen LogP contribution is -2.31. The zero-order valence-electron chi connectivity index (χ0n) is 10.5. The molecule has 20 heavy (non-hydrogen) atoms. The number of carbonyl (C=O) groups is 1. The number of aryl methyl sites for hydroxylation is 1. The standard InChI is InChI=1S/C13H11ClFN3O2/c1-18-7-8(5-11(14)13(18)20)12(19)17-16-10-4-2-3-9(15)6-10/h2-7,16H,1H3,(H,17,19). The van der Waals surface area contributed by atoms with Crippen molar-refractivity contribution in [2.24, 2.45) is 7.05 Å². The molecule has 0 fully saturated rings. The van der Waals surface area contributed by atoms with E-state index < -0.39 is 11.7 Å². The van der Waals surface area contributed by atoms with Crippen molar-refractivity contribution < 1.29 is 9.18 Å². The van der Waals surface area contributed by atoms with Gasteiger partial charge in [-0.25, -0.2) is 4.39 Å². The zero-order chi connectivity index (χ0) is 14.7. The average Bonchev–Trinajstić information content (AvgIpc) is 2.41. The summed E-state index contributed by atoms with van der Waals surface area (Å²) in [6, 6.07) is 6.89. The minimum Gasteiger partial charge on any atom is -0.317 e. The van der Waals surface area contributed by atoms with E-state index in [1.54, 1.807) is 6.07 Å². The van der Waals surface area contributed by atoms with Crippen LogP contribution < -0.4 is 16.4 Å². The maximum Gasteiger partial charge on any atom is 0.271 e. The van der Waals surface area contributed by atoms with Crippen LogP contribution in [-0.4, -0.2) is 10.5 Å². The van der Waals surface area contributed by atoms with Crippen molar-refractivity contribution >= 4 is 23.2 Å². The average molecular weight is 296 g/mol. The smallest absolute Gasteiger partial charge is 0.271 e. The summed E-state index contributed by atoms with van der Waals surface area (Å²) in [5.74, 6) is -0.916. The minimum absolute atomic E-state index is 0.0501. The van der Waals surface area contributed by atoms with Gasteiger partial charge in [0.25, 0.3) is 11.5 Å². The van der Waals surface area contributed by atoms with E-state index in [4.69, 9.17) is 11.6 Å². The van der Waals surface area contributed by atoms with Gasteiger partial charge in [-0.2, -0.15) is 0 Å². The van der Waals surface area contributed by atoms with Gasteiger partial charge in [0.15, 0.2) is 0 Å². The molecule has 0 aliphatic rings. The summed E-state index contributed by atoms with van der Waals surface area (Å²) in [4.78, 5) is 23.3. The van der Waals surface area contributed by atoms with Gasteiger partial charge >= 0.3 is 0 Å². The predicted octanol–water partition coefficient (Wildman–Crippen LogP) is 1.93. The van der Waals surface area contributed by atoms with Gasteiger partial charge < -0.3 is 4.57 Å². The fraction of sp³-hybridized carbons (Fsp3) is 0.0769. The highest BCUT2D eigenvalue weighted by atomic mass is 35.5. The van der Waals surface area contributed by atoms with Gasteiger partial charge in [-0.1, -0.05) is 17.7 Å². The number of pyridine rings is 1. The Morgan fingerprint density at radius 3 is 2.75 bits per heavy atom. The summed E-state index contributed by atoms with van der Waals surface area (Å²) >= 11 is 5.72. The number of benzene rings is 1. The number of nitrogens with zero attached hydrogens (tertiary/aromatic N) is 1. The Hall–Kier alpha value is -2.34. The van der Waals surface area contributed by atoms with Gasteiger partial charge in [0.1, 0.15) is 10.8 Å². The van der Waals surface area contributed by atoms with E-state index in [0.717, 1.165) is 0 Å². The first-order valence-corrected chi connectivity index (χ1v) is 6.03. The minimum atomic E-state index is -0.494. The van der Waals surface area contributed by atoms with E-state index in [2.05, 4.69) is 10.9 Å². The van der Waals surface area contributed by atoms with Crippen molar-refractivity contribution in [2.75, 3.05) is 5.43 Å². The Balaban J connectivity index is 2.11. The molecule has 0 aliphatic heterocycles. The highest BCUT2D eigenvalue weighted by Gasteiger charge is 2.09. The molecule has 1 aromatic carbocycles. The highest BCUT2D eigenvalue weighted by molar-refractivity contribution is 6.30. The lowest BCUT2D eigenvalue weighted by Gasteiger charge is -2.09. The lowest BCUT2D eigenvalue weighted by atomic mass is 10.2. The second-order valence-corrected chi connectivity index (χ2v) is 4.49. The van der Waals surface area contributed by atoms with Gasteiger partial charge in [-0.15, -0.1) is 0 Å². The molecule has 0 atom stereocenters. The van der Waals surface area contributed by atoms with Crippen LogP contribution in [0, 0.1) is 5.82 Å². The number of halogens is 2. The number of anilines is 1. The Morgan fingerprint density at radius 2 is 2.10 bits per heavy atom. The van der Waals surface area contributed by atoms with Crippen molar-refractivity contribution in [1.29, 1.82) is 0 Å². The first kappa shape index (κ1) is 14.1. The lowest BCUT2D eigenvalue weighted by molar-refractivity contribution is 0.0962. The third-order valence-electron chi connectivity index (χ3n) is 2.55. The van der Waals surface area contributed by atoms with Gasteiger partial charge in [0.2, 0.25) is 0 Å². The number of carbonyl (C=O) groups excluding carboxylic acids is 1. The molecule has 7 heteroatoms. The molecule has 0 spiro atoms. The molecule has 0 bridgehead atoms. The number of aromatic nitrogens is 1. The summed E-state index contributed by atoms with van der Waals surface area (Å²) in [7, 11) is 1.49. The molecule has 0 aliphatic carbocycles. The summed E-state index contributed by atoms with van der Waals surface area (Å²) in [6.07, 6.45) is 1.36. The van der Waals surface area contributed by atoms with Gasteiger partial charge in [-0.3, -0.25) is 20.4 Å². The van der Waals surface area contributed by atoms with E-state index in [1.807, 2.05) is 0 Å². The van der Waals surface area contributed by atoms with Gasteiger partial charge in [0.05, 0.1) is 11.3 Å². The number of hydrazine groups is 1. The predicted molar refractivity (Wildman–Crippen MR) is 74.2 cm³/mol. The van der Waals surface area contributed by atoms with E-state index in [-0.39, 0.29) is 16.1 Å². The molecule has 1 aromatic heterocycles. The van der Waals surface area contributed by atoms with Crippen molar-refractivity contribution in [3.05, 3.63) is 63.3 Å². The Morgan fingerprint density at radius 1 is 1.35 bits per heavy atom. The third-order valence-corrected chi connectivity index (χ3v) is 2.82. The SMILES string of the molecule is Cn1cc(C(=O)NNc2cccc(F)c2)cc(Cl)c1=O. The molecule has 0 saturated heterocycles. The summed E-state index contributed by atoms with van der Waals surface area (Å²) in [6.45, 7) is 0. The molecule has 5 nitrogen and oxygen atoms in total. The zero-order valence-corrected chi connectivity index (χ0v) is 11.2. The molecule has 1 heterocycles. The van der Waals surface area contributed by atoms with Crippen molar-refractivity contribution in [3.8, 4) is 0 Å². The summed E-state index contributed by atoms with van der Waals surface area (Å²) in [5.41, 5.74) is 5.17. The van der Waals surface area contributed by atoms with Crippen LogP contribution in [-0.2, 0) is 7.05 Å². The summed E-state index contributed by atoms with van der Waals surface area (Å²) in [5, 5.41) is -0.0501. The van der Waals surface area contributed by atoms with Crippen LogP contribution in [0.2, 0.25) is 5.02 Å².